The van der Waals surface area contributed by atoms with Gasteiger partial charge in [-0.15, -0.1) is 0 Å². The molecule has 0 radical (unpaired) electrons. The van der Waals surface area contributed by atoms with Gasteiger partial charge in [-0.1, -0.05) is 39.5 Å². The first-order valence-electron chi connectivity index (χ1n) is 6.96. The molecule has 0 unspecified atom stereocenters. The van der Waals surface area contributed by atoms with Gasteiger partial charge in [0.05, 0.1) is 11.1 Å². The third kappa shape index (κ3) is 5.43. The summed E-state index contributed by atoms with van der Waals surface area (Å²) in [4.78, 5) is 20.7. The van der Waals surface area contributed by atoms with Gasteiger partial charge in [0, 0.05) is 0 Å². The van der Waals surface area contributed by atoms with Gasteiger partial charge in [-0.25, -0.2) is 9.59 Å². The van der Waals surface area contributed by atoms with E-state index in [0.717, 1.165) is 11.8 Å². The van der Waals surface area contributed by atoms with Crippen LogP contribution in [0.4, 0.5) is 0 Å². The molecule has 1 fully saturated rings. The van der Waals surface area contributed by atoms with Crippen LogP contribution in [-0.4, -0.2) is 22.2 Å². The van der Waals surface area contributed by atoms with E-state index < -0.39 is 11.9 Å². The van der Waals surface area contributed by atoms with Crippen LogP contribution in [0.5, 0.6) is 0 Å². The largest absolute Gasteiger partial charge is 0.478 e. The molecule has 0 heterocycles. The zero-order chi connectivity index (χ0) is 15.1. The van der Waals surface area contributed by atoms with Crippen molar-refractivity contribution < 1.29 is 19.8 Å². The van der Waals surface area contributed by atoms with Crippen molar-refractivity contribution in [1.82, 2.24) is 0 Å². The Morgan fingerprint density at radius 1 is 0.800 bits per heavy atom. The lowest BCUT2D eigenvalue weighted by molar-refractivity contribution is 0.0681. The first-order valence-corrected chi connectivity index (χ1v) is 6.96. The number of carboxylic acid groups (broad SMARTS) is 2. The van der Waals surface area contributed by atoms with Gasteiger partial charge in [0.25, 0.3) is 0 Å². The molecular weight excluding hydrogens is 256 g/mol. The summed E-state index contributed by atoms with van der Waals surface area (Å²) in [5.41, 5.74) is 0.167. The van der Waals surface area contributed by atoms with Crippen molar-refractivity contribution >= 4 is 11.9 Å². The molecule has 0 spiro atoms. The highest BCUT2D eigenvalue weighted by Gasteiger charge is 2.13. The fourth-order valence-corrected chi connectivity index (χ4v) is 2.18. The zero-order valence-electron chi connectivity index (χ0n) is 12.0. The number of carbonyl (C=O) groups is 2. The van der Waals surface area contributed by atoms with E-state index >= 15 is 0 Å². The van der Waals surface area contributed by atoms with Gasteiger partial charge in [0.2, 0.25) is 0 Å². The highest BCUT2D eigenvalue weighted by atomic mass is 16.4. The Morgan fingerprint density at radius 3 is 1.25 bits per heavy atom. The molecule has 1 aromatic carbocycles. The predicted molar refractivity (Wildman–Crippen MR) is 77.2 cm³/mol. The Bertz CT molecular complexity index is 399. The number of rotatable bonds is 2. The van der Waals surface area contributed by atoms with Gasteiger partial charge in [-0.2, -0.15) is 0 Å². The van der Waals surface area contributed by atoms with Crippen LogP contribution in [-0.2, 0) is 0 Å². The lowest BCUT2D eigenvalue weighted by atomic mass is 9.84. The maximum atomic E-state index is 10.3. The number of carboxylic acids is 2. The van der Waals surface area contributed by atoms with Crippen LogP contribution in [0.1, 0.15) is 60.2 Å². The molecule has 0 atom stereocenters. The summed E-state index contributed by atoms with van der Waals surface area (Å²) in [5.74, 6) is -0.0868. The van der Waals surface area contributed by atoms with E-state index in [9.17, 15) is 9.59 Å². The van der Waals surface area contributed by atoms with E-state index in [1.807, 2.05) is 0 Å². The van der Waals surface area contributed by atoms with Crippen LogP contribution in [0.25, 0.3) is 0 Å². The molecule has 0 aromatic heterocycles. The van der Waals surface area contributed by atoms with E-state index in [1.54, 1.807) is 0 Å². The second kappa shape index (κ2) is 7.68. The Balaban J connectivity index is 0.000000217. The van der Waals surface area contributed by atoms with Gasteiger partial charge in [-0.05, 0) is 36.1 Å². The minimum atomic E-state index is -1.06. The SMILES string of the molecule is CC1CCC(C)CC1.O=C(O)c1ccc(C(=O)O)cc1. The topological polar surface area (TPSA) is 74.6 Å². The standard InChI is InChI=1S/C8H6O4.C8H16/c9-7(10)5-1-2-6(4-3-5)8(11)12;1-7-3-5-8(2)6-4-7/h1-4H,(H,9,10)(H,11,12);7-8H,3-6H2,1-2H3. The second-order valence-corrected chi connectivity index (χ2v) is 5.55. The summed E-state index contributed by atoms with van der Waals surface area (Å²) < 4.78 is 0. The third-order valence-electron chi connectivity index (χ3n) is 3.68. The van der Waals surface area contributed by atoms with Crippen LogP contribution >= 0.6 is 0 Å². The smallest absolute Gasteiger partial charge is 0.335 e. The van der Waals surface area contributed by atoms with E-state index in [-0.39, 0.29) is 11.1 Å². The molecule has 1 aromatic rings. The summed E-state index contributed by atoms with van der Waals surface area (Å²) >= 11 is 0. The fraction of sp³-hybridized carbons (Fsp3) is 0.500. The molecule has 2 rings (SSSR count). The maximum absolute atomic E-state index is 10.3. The summed E-state index contributed by atoms with van der Waals surface area (Å²) in [6.07, 6.45) is 5.89. The lowest BCUT2D eigenvalue weighted by Crippen LogP contribution is -2.08. The molecule has 1 aliphatic carbocycles. The summed E-state index contributed by atoms with van der Waals surface area (Å²) in [6.45, 7) is 4.73. The molecule has 0 amide bonds. The van der Waals surface area contributed by atoms with Crippen LogP contribution < -0.4 is 0 Å². The quantitative estimate of drug-likeness (QED) is 0.860. The monoisotopic (exact) mass is 278 g/mol. The second-order valence-electron chi connectivity index (χ2n) is 5.55. The first kappa shape index (κ1) is 16.2. The van der Waals surface area contributed by atoms with Crippen molar-refractivity contribution in [3.63, 3.8) is 0 Å². The Hall–Kier alpha value is -1.84. The first-order chi connectivity index (χ1) is 9.40. The van der Waals surface area contributed by atoms with Crippen molar-refractivity contribution in [2.24, 2.45) is 11.8 Å². The molecule has 4 heteroatoms. The minimum Gasteiger partial charge on any atom is -0.478 e. The molecule has 0 aliphatic heterocycles. The third-order valence-corrected chi connectivity index (χ3v) is 3.68. The van der Waals surface area contributed by atoms with Crippen molar-refractivity contribution in [2.45, 2.75) is 39.5 Å². The highest BCUT2D eigenvalue weighted by molar-refractivity contribution is 5.91. The zero-order valence-corrected chi connectivity index (χ0v) is 12.0. The van der Waals surface area contributed by atoms with Crippen molar-refractivity contribution in [3.8, 4) is 0 Å². The molecule has 110 valence electrons. The Morgan fingerprint density at radius 2 is 1.05 bits per heavy atom. The minimum absolute atomic E-state index is 0.0833. The molecule has 0 bridgehead atoms. The van der Waals surface area contributed by atoms with Crippen LogP contribution in [0.3, 0.4) is 0 Å². The molecule has 20 heavy (non-hydrogen) atoms. The Labute approximate surface area is 119 Å². The summed E-state index contributed by atoms with van der Waals surface area (Å²) in [6, 6.07) is 5.02. The molecule has 0 saturated heterocycles. The number of hydrogen-bond donors (Lipinski definition) is 2. The number of benzene rings is 1. The number of hydrogen-bond acceptors (Lipinski definition) is 2. The van der Waals surface area contributed by atoms with Gasteiger partial charge >= 0.3 is 11.9 Å². The van der Waals surface area contributed by atoms with Crippen molar-refractivity contribution in [1.29, 1.82) is 0 Å². The maximum Gasteiger partial charge on any atom is 0.335 e. The van der Waals surface area contributed by atoms with E-state index in [2.05, 4.69) is 13.8 Å². The highest BCUT2D eigenvalue weighted by Crippen LogP contribution is 2.27. The van der Waals surface area contributed by atoms with E-state index in [4.69, 9.17) is 10.2 Å². The normalized spacial score (nSPS) is 21.5. The molecule has 1 aliphatic rings. The van der Waals surface area contributed by atoms with Crippen molar-refractivity contribution in [2.75, 3.05) is 0 Å². The number of aromatic carboxylic acids is 2. The van der Waals surface area contributed by atoms with Gasteiger partial charge in [0.15, 0.2) is 0 Å². The van der Waals surface area contributed by atoms with E-state index in [0.29, 0.717) is 0 Å². The van der Waals surface area contributed by atoms with Crippen LogP contribution in [0.15, 0.2) is 24.3 Å². The Kier molecular flexibility index (Phi) is 6.22. The molecule has 4 nitrogen and oxygen atoms in total. The lowest BCUT2D eigenvalue weighted by Gasteiger charge is -2.22. The fourth-order valence-electron chi connectivity index (χ4n) is 2.18. The van der Waals surface area contributed by atoms with Crippen LogP contribution in [0, 0.1) is 11.8 Å². The van der Waals surface area contributed by atoms with Gasteiger partial charge in [-0.3, -0.25) is 0 Å². The van der Waals surface area contributed by atoms with Crippen molar-refractivity contribution in [3.05, 3.63) is 35.4 Å². The van der Waals surface area contributed by atoms with Crippen LogP contribution in [0.2, 0.25) is 0 Å². The average Bonchev–Trinajstić information content (AvgIpc) is 2.43. The molecule has 2 N–H and O–H groups in total. The average molecular weight is 278 g/mol. The summed E-state index contributed by atoms with van der Waals surface area (Å²) in [7, 11) is 0. The van der Waals surface area contributed by atoms with E-state index in [1.165, 1.54) is 49.9 Å². The van der Waals surface area contributed by atoms with Gasteiger partial charge < -0.3 is 10.2 Å². The predicted octanol–water partition coefficient (Wildman–Crippen LogP) is 3.92. The summed E-state index contributed by atoms with van der Waals surface area (Å²) in [5, 5.41) is 16.9. The van der Waals surface area contributed by atoms with Gasteiger partial charge in [0.1, 0.15) is 0 Å². The molecular formula is C16H22O4. The molecule has 1 saturated carbocycles.